The second-order valence-electron chi connectivity index (χ2n) is 11.7. The number of carbonyl (C=O) groups is 2. The number of ether oxygens (including phenoxy) is 1. The number of aromatic nitrogens is 2. The molecule has 10 nitrogen and oxygen atoms in total. The Morgan fingerprint density at radius 2 is 1.80 bits per heavy atom. The lowest BCUT2D eigenvalue weighted by Gasteiger charge is -2.37. The van der Waals surface area contributed by atoms with Crippen LogP contribution in [-0.4, -0.2) is 58.5 Å². The van der Waals surface area contributed by atoms with E-state index in [1.807, 2.05) is 62.3 Å². The van der Waals surface area contributed by atoms with Crippen molar-refractivity contribution in [1.29, 1.82) is 0 Å². The van der Waals surface area contributed by atoms with E-state index in [0.29, 0.717) is 34.2 Å². The van der Waals surface area contributed by atoms with Crippen molar-refractivity contribution in [1.82, 2.24) is 19.4 Å². The highest BCUT2D eigenvalue weighted by Gasteiger charge is 2.32. The summed E-state index contributed by atoms with van der Waals surface area (Å²) in [4.78, 5) is 48.4. The summed E-state index contributed by atoms with van der Waals surface area (Å²) in [5, 5.41) is 6.75. The molecular weight excluding hydrogens is 612 g/mol. The molecule has 0 saturated carbocycles. The number of amides is 2. The van der Waals surface area contributed by atoms with E-state index in [1.165, 1.54) is 26.3 Å². The molecule has 2 aliphatic rings. The number of fused-ring (bicyclic) bond motifs is 1. The molecule has 1 atom stereocenters. The summed E-state index contributed by atoms with van der Waals surface area (Å²) in [6.45, 7) is 3.37. The Morgan fingerprint density at radius 3 is 2.56 bits per heavy atom. The summed E-state index contributed by atoms with van der Waals surface area (Å²) in [5.41, 5.74) is 4.67. The minimum atomic E-state index is -0.626. The molecule has 1 saturated heterocycles. The van der Waals surface area contributed by atoms with Crippen molar-refractivity contribution in [2.75, 3.05) is 37.8 Å². The number of benzene rings is 2. The van der Waals surface area contributed by atoms with Crippen LogP contribution in [0.2, 0.25) is 5.02 Å². The Kier molecular flexibility index (Phi) is 8.67. The van der Waals surface area contributed by atoms with Crippen molar-refractivity contribution in [3.63, 3.8) is 0 Å². The highest BCUT2D eigenvalue weighted by atomic mass is 35.5. The molecule has 3 heterocycles. The number of likely N-dealkylation sites (N-methyl/N-ethyl adjacent to an activating group) is 2. The van der Waals surface area contributed by atoms with Gasteiger partial charge in [-0.1, -0.05) is 23.7 Å². The number of anilines is 3. The van der Waals surface area contributed by atoms with Crippen molar-refractivity contribution in [3.05, 3.63) is 85.6 Å². The van der Waals surface area contributed by atoms with E-state index in [9.17, 15) is 14.4 Å². The number of aryl methyl sites for hydroxylation is 4. The van der Waals surface area contributed by atoms with Crippen LogP contribution in [-0.2, 0) is 24.7 Å². The van der Waals surface area contributed by atoms with Crippen LogP contribution in [0.25, 0.3) is 11.3 Å². The topological polar surface area (TPSA) is 109 Å². The third kappa shape index (κ3) is 6.47. The van der Waals surface area contributed by atoms with Crippen LogP contribution in [0.1, 0.15) is 40.5 Å². The van der Waals surface area contributed by atoms with E-state index < -0.39 is 6.09 Å². The minimum absolute atomic E-state index is 0.0510. The first-order valence-electron chi connectivity index (χ1n) is 14.9. The van der Waals surface area contributed by atoms with Crippen molar-refractivity contribution >= 4 is 52.1 Å². The van der Waals surface area contributed by atoms with Crippen molar-refractivity contribution in [2.45, 2.75) is 38.6 Å². The number of hydrogen-bond donors (Lipinski definition) is 2. The number of nitrogens with zero attached hydrogens (tertiary/aromatic N) is 4. The molecule has 2 amide bonds. The van der Waals surface area contributed by atoms with Gasteiger partial charge in [0.25, 0.3) is 5.56 Å². The molecule has 234 valence electrons. The Labute approximate surface area is 270 Å². The quantitative estimate of drug-likeness (QED) is 0.259. The maximum Gasteiger partial charge on any atom is 0.417 e. The van der Waals surface area contributed by atoms with Crippen LogP contribution in [0.4, 0.5) is 22.0 Å². The zero-order valence-corrected chi connectivity index (χ0v) is 27.2. The highest BCUT2D eigenvalue weighted by Crippen LogP contribution is 2.37. The number of rotatable bonds is 6. The maximum atomic E-state index is 13.1. The number of thiophene rings is 1. The first-order valence-corrected chi connectivity index (χ1v) is 16.1. The zero-order valence-electron chi connectivity index (χ0n) is 25.6. The van der Waals surface area contributed by atoms with Crippen LogP contribution in [0, 0.1) is 6.92 Å². The number of piperazine rings is 1. The number of nitrogens with one attached hydrogen (secondary N) is 2. The molecular formula is C33H35ClN6O4S. The summed E-state index contributed by atoms with van der Waals surface area (Å²) in [6, 6.07) is 12.6. The second-order valence-corrected chi connectivity index (χ2v) is 13.2. The number of carbonyl (C=O) groups excluding carboxylic acids is 2. The smallest absolute Gasteiger partial charge is 0.399 e. The molecule has 45 heavy (non-hydrogen) atoms. The molecule has 0 radical (unpaired) electrons. The van der Waals surface area contributed by atoms with Crippen molar-refractivity contribution in [2.24, 2.45) is 7.05 Å². The van der Waals surface area contributed by atoms with Crippen LogP contribution >= 0.6 is 22.9 Å². The Morgan fingerprint density at radius 1 is 1.04 bits per heavy atom. The van der Waals surface area contributed by atoms with Gasteiger partial charge in [-0.15, -0.1) is 11.3 Å². The predicted molar refractivity (Wildman–Crippen MR) is 178 cm³/mol. The molecule has 0 spiro atoms. The summed E-state index contributed by atoms with van der Waals surface area (Å²) in [5.74, 6) is 0.164. The molecule has 1 aliphatic heterocycles. The van der Waals surface area contributed by atoms with Gasteiger partial charge in [-0.2, -0.15) is 0 Å². The zero-order chi connectivity index (χ0) is 31.8. The van der Waals surface area contributed by atoms with Gasteiger partial charge in [0.1, 0.15) is 6.04 Å². The first-order chi connectivity index (χ1) is 21.6. The predicted octanol–water partition coefficient (Wildman–Crippen LogP) is 6.15. The third-order valence-corrected chi connectivity index (χ3v) is 9.82. The van der Waals surface area contributed by atoms with E-state index in [-0.39, 0.29) is 28.3 Å². The van der Waals surface area contributed by atoms with Gasteiger partial charge < -0.3 is 19.5 Å². The van der Waals surface area contributed by atoms with Crippen LogP contribution in [0.5, 0.6) is 5.06 Å². The molecule has 6 rings (SSSR count). The molecule has 12 heteroatoms. The van der Waals surface area contributed by atoms with Gasteiger partial charge in [-0.05, 0) is 86.7 Å². The van der Waals surface area contributed by atoms with E-state index in [4.69, 9.17) is 16.3 Å². The number of hydrogen-bond acceptors (Lipinski definition) is 8. The minimum Gasteiger partial charge on any atom is -0.399 e. The van der Waals surface area contributed by atoms with Crippen LogP contribution in [0.15, 0.2) is 53.5 Å². The van der Waals surface area contributed by atoms with Gasteiger partial charge in [0, 0.05) is 49.5 Å². The van der Waals surface area contributed by atoms with E-state index >= 15 is 0 Å². The Bertz CT molecular complexity index is 1810. The lowest BCUT2D eigenvalue weighted by molar-refractivity contribution is -0.139. The highest BCUT2D eigenvalue weighted by molar-refractivity contribution is 7.14. The lowest BCUT2D eigenvalue weighted by atomic mass is 10.00. The van der Waals surface area contributed by atoms with Gasteiger partial charge >= 0.3 is 6.09 Å². The van der Waals surface area contributed by atoms with Gasteiger partial charge in [0.2, 0.25) is 5.91 Å². The normalized spacial score (nSPS) is 16.8. The fourth-order valence-corrected chi connectivity index (χ4v) is 7.18. The summed E-state index contributed by atoms with van der Waals surface area (Å²) >= 11 is 8.33. The fourth-order valence-electron chi connectivity index (χ4n) is 5.83. The van der Waals surface area contributed by atoms with E-state index in [0.717, 1.165) is 43.4 Å². The molecule has 0 bridgehead atoms. The van der Waals surface area contributed by atoms with Gasteiger partial charge in [-0.25, -0.2) is 9.78 Å². The molecule has 2 N–H and O–H groups in total. The Hall–Kier alpha value is -4.19. The van der Waals surface area contributed by atoms with E-state index in [2.05, 4.69) is 15.6 Å². The average molecular weight is 647 g/mol. The molecule has 2 aromatic heterocycles. The van der Waals surface area contributed by atoms with Gasteiger partial charge in [0.15, 0.2) is 10.9 Å². The number of halogens is 1. The molecule has 1 aliphatic carbocycles. The monoisotopic (exact) mass is 646 g/mol. The third-order valence-electron chi connectivity index (χ3n) is 8.30. The van der Waals surface area contributed by atoms with Crippen LogP contribution < -0.4 is 20.9 Å². The fraction of sp³-hybridized carbons (Fsp3) is 0.333. The average Bonchev–Trinajstić information content (AvgIpc) is 3.42. The lowest BCUT2D eigenvalue weighted by Crippen LogP contribution is -2.48. The maximum absolute atomic E-state index is 13.1. The van der Waals surface area contributed by atoms with Crippen molar-refractivity contribution < 1.29 is 14.3 Å². The standard InChI is InChI=1S/C33H35ClN6O4S/c1-19-15-23(28(34)24(16-19)37-33(43)44-27-17-21-7-5-6-8-26(21)45-27)25-18-40(4)32(42)30(36-25)35-22-11-9-20(10-12-22)29-31(41)39(3)14-13-38(29)2/h9-12,15-18,29H,5-8,13-14H2,1-4H3,(H,35,36)(H,37,43). The van der Waals surface area contributed by atoms with Gasteiger partial charge in [-0.3, -0.25) is 19.8 Å². The largest absolute Gasteiger partial charge is 0.417 e. The van der Waals surface area contributed by atoms with Crippen molar-refractivity contribution in [3.8, 4) is 16.3 Å². The molecule has 4 aromatic rings. The molecule has 1 fully saturated rings. The molecule has 1 unspecified atom stereocenters. The summed E-state index contributed by atoms with van der Waals surface area (Å²) in [7, 11) is 5.40. The van der Waals surface area contributed by atoms with Gasteiger partial charge in [0.05, 0.1) is 16.4 Å². The summed E-state index contributed by atoms with van der Waals surface area (Å²) in [6.07, 6.45) is 5.31. The SMILES string of the molecule is Cc1cc(NC(=O)Oc2cc3c(s2)CCCC3)c(Cl)c(-c2cn(C)c(=O)c(Nc3ccc(C4C(=O)N(C)CCN4C)cc3)n2)c1. The first kappa shape index (κ1) is 30.8. The van der Waals surface area contributed by atoms with Crippen LogP contribution in [0.3, 0.4) is 0 Å². The summed E-state index contributed by atoms with van der Waals surface area (Å²) < 4.78 is 7.04. The molecule has 2 aromatic carbocycles. The Balaban J connectivity index is 1.23. The second kappa shape index (κ2) is 12.7. The van der Waals surface area contributed by atoms with E-state index in [1.54, 1.807) is 24.2 Å².